The fourth-order valence-corrected chi connectivity index (χ4v) is 2.87. The molecular formula is C21H17FN4O2. The van der Waals surface area contributed by atoms with E-state index < -0.39 is 0 Å². The first-order valence-electron chi connectivity index (χ1n) is 8.70. The zero-order chi connectivity index (χ0) is 19.5. The van der Waals surface area contributed by atoms with Gasteiger partial charge in [-0.25, -0.2) is 4.39 Å². The predicted molar refractivity (Wildman–Crippen MR) is 103 cm³/mol. The number of hydrogen-bond acceptors (Lipinski definition) is 4. The molecule has 28 heavy (non-hydrogen) atoms. The highest BCUT2D eigenvalue weighted by Gasteiger charge is 2.15. The van der Waals surface area contributed by atoms with Crippen LogP contribution in [0.4, 0.5) is 10.1 Å². The van der Waals surface area contributed by atoms with Crippen LogP contribution in [0.2, 0.25) is 0 Å². The quantitative estimate of drug-likeness (QED) is 0.564. The molecular weight excluding hydrogens is 359 g/mol. The number of aromatic nitrogens is 3. The minimum atomic E-state index is -0.332. The van der Waals surface area contributed by atoms with Gasteiger partial charge in [0.25, 0.3) is 5.89 Å². The molecule has 0 fully saturated rings. The fraction of sp³-hybridized carbons (Fsp3) is 0.0952. The highest BCUT2D eigenvalue weighted by molar-refractivity contribution is 5.90. The van der Waals surface area contributed by atoms with E-state index in [2.05, 4.69) is 15.5 Å². The summed E-state index contributed by atoms with van der Waals surface area (Å²) in [6.45, 7) is 2.07. The second-order valence-electron chi connectivity index (χ2n) is 6.37. The molecule has 1 N–H and O–H groups in total. The first-order valence-corrected chi connectivity index (χ1v) is 8.70. The molecule has 2 aromatic carbocycles. The molecule has 140 valence electrons. The lowest BCUT2D eigenvalue weighted by Crippen LogP contribution is -2.18. The number of nitrogens with one attached hydrogen (secondary N) is 1. The van der Waals surface area contributed by atoms with E-state index in [4.69, 9.17) is 4.52 Å². The van der Waals surface area contributed by atoms with Crippen molar-refractivity contribution < 1.29 is 13.7 Å². The molecule has 1 amide bonds. The normalized spacial score (nSPS) is 10.8. The van der Waals surface area contributed by atoms with Gasteiger partial charge in [-0.1, -0.05) is 17.3 Å². The summed E-state index contributed by atoms with van der Waals surface area (Å²) in [4.78, 5) is 16.8. The van der Waals surface area contributed by atoms with Gasteiger partial charge < -0.3 is 14.4 Å². The van der Waals surface area contributed by atoms with E-state index in [0.29, 0.717) is 17.1 Å². The maximum atomic E-state index is 13.1. The number of anilines is 1. The number of hydrogen-bond donors (Lipinski definition) is 1. The summed E-state index contributed by atoms with van der Waals surface area (Å²) in [6.07, 6.45) is 1.77. The number of nitrogens with zero attached hydrogens (tertiary/aromatic N) is 3. The third kappa shape index (κ3) is 3.83. The van der Waals surface area contributed by atoms with Crippen molar-refractivity contribution in [3.05, 3.63) is 78.2 Å². The molecule has 4 aromatic rings. The van der Waals surface area contributed by atoms with Gasteiger partial charge in [-0.15, -0.1) is 0 Å². The summed E-state index contributed by atoms with van der Waals surface area (Å²) in [7, 11) is 0. The van der Waals surface area contributed by atoms with E-state index in [-0.39, 0.29) is 24.2 Å². The smallest absolute Gasteiger partial charge is 0.274 e. The Morgan fingerprint density at radius 3 is 2.75 bits per heavy atom. The van der Waals surface area contributed by atoms with Crippen molar-refractivity contribution in [3.63, 3.8) is 0 Å². The third-order valence-corrected chi connectivity index (χ3v) is 4.19. The zero-order valence-corrected chi connectivity index (χ0v) is 15.1. The van der Waals surface area contributed by atoms with Crippen LogP contribution in [0.1, 0.15) is 5.56 Å². The van der Waals surface area contributed by atoms with Crippen molar-refractivity contribution >= 4 is 11.6 Å². The Balaban J connectivity index is 1.51. The Bertz CT molecular complexity index is 1120. The summed E-state index contributed by atoms with van der Waals surface area (Å²) in [6, 6.07) is 17.0. The molecule has 0 aliphatic rings. The number of carbonyl (C=O) groups is 1. The molecule has 0 unspecified atom stereocenters. The van der Waals surface area contributed by atoms with Gasteiger partial charge in [0.2, 0.25) is 11.7 Å². The summed E-state index contributed by atoms with van der Waals surface area (Å²) in [5.41, 5.74) is 3.08. The van der Waals surface area contributed by atoms with Crippen LogP contribution in [-0.4, -0.2) is 20.6 Å². The van der Waals surface area contributed by atoms with Gasteiger partial charge >= 0.3 is 0 Å². The van der Waals surface area contributed by atoms with Crippen LogP contribution in [0.15, 0.2) is 71.4 Å². The van der Waals surface area contributed by atoms with E-state index in [1.165, 1.54) is 12.1 Å². The second-order valence-corrected chi connectivity index (χ2v) is 6.37. The Morgan fingerprint density at radius 1 is 1.14 bits per heavy atom. The largest absolute Gasteiger partial charge is 0.334 e. The van der Waals surface area contributed by atoms with Crippen LogP contribution in [-0.2, 0) is 11.3 Å². The molecule has 0 aliphatic heterocycles. The first-order chi connectivity index (χ1) is 13.6. The van der Waals surface area contributed by atoms with Crippen LogP contribution in [0.5, 0.6) is 0 Å². The lowest BCUT2D eigenvalue weighted by molar-refractivity contribution is -0.116. The van der Waals surface area contributed by atoms with Crippen LogP contribution < -0.4 is 5.32 Å². The lowest BCUT2D eigenvalue weighted by atomic mass is 10.2. The number of aryl methyl sites for hydroxylation is 1. The zero-order valence-electron chi connectivity index (χ0n) is 15.1. The van der Waals surface area contributed by atoms with Crippen LogP contribution in [0.25, 0.3) is 23.0 Å². The summed E-state index contributed by atoms with van der Waals surface area (Å²) < 4.78 is 20.1. The molecule has 0 spiro atoms. The Morgan fingerprint density at radius 2 is 1.96 bits per heavy atom. The SMILES string of the molecule is Cc1cccc(NC(=O)Cn2cccc2-c2nc(-c3ccc(F)cc3)no2)c1. The van der Waals surface area contributed by atoms with E-state index in [1.54, 1.807) is 35.0 Å². The Labute approximate surface area is 160 Å². The number of benzene rings is 2. The van der Waals surface area contributed by atoms with Crippen molar-refractivity contribution in [2.24, 2.45) is 0 Å². The van der Waals surface area contributed by atoms with Gasteiger partial charge in [0, 0.05) is 17.4 Å². The molecule has 2 aromatic heterocycles. The van der Waals surface area contributed by atoms with E-state index >= 15 is 0 Å². The summed E-state index contributed by atoms with van der Waals surface area (Å²) in [5.74, 6) is 0.141. The number of carbonyl (C=O) groups excluding carboxylic acids is 1. The standard InChI is InChI=1S/C21H17FN4O2/c1-14-4-2-5-17(12-14)23-19(27)13-26-11-3-6-18(26)21-24-20(25-28-21)15-7-9-16(22)10-8-15/h2-12H,13H2,1H3,(H,23,27). The molecule has 0 saturated heterocycles. The summed E-state index contributed by atoms with van der Waals surface area (Å²) in [5, 5.41) is 6.82. The molecule has 0 radical (unpaired) electrons. The lowest BCUT2D eigenvalue weighted by Gasteiger charge is -2.08. The molecule has 2 heterocycles. The van der Waals surface area contributed by atoms with Gasteiger partial charge in [0.05, 0.1) is 0 Å². The first kappa shape index (κ1) is 17.7. The van der Waals surface area contributed by atoms with E-state index in [9.17, 15) is 9.18 Å². The molecule has 6 nitrogen and oxygen atoms in total. The maximum Gasteiger partial charge on any atom is 0.274 e. The van der Waals surface area contributed by atoms with Gasteiger partial charge in [0.15, 0.2) is 0 Å². The van der Waals surface area contributed by atoms with Gasteiger partial charge in [-0.3, -0.25) is 4.79 Å². The number of halogens is 1. The predicted octanol–water partition coefficient (Wildman–Crippen LogP) is 4.29. The Kier molecular flexibility index (Phi) is 4.72. The minimum Gasteiger partial charge on any atom is -0.334 e. The highest BCUT2D eigenvalue weighted by Crippen LogP contribution is 2.23. The third-order valence-electron chi connectivity index (χ3n) is 4.19. The van der Waals surface area contributed by atoms with Gasteiger partial charge in [-0.2, -0.15) is 4.98 Å². The maximum absolute atomic E-state index is 13.1. The number of rotatable bonds is 5. The molecule has 7 heteroatoms. The van der Waals surface area contributed by atoms with Gasteiger partial charge in [0.1, 0.15) is 18.1 Å². The monoisotopic (exact) mass is 376 g/mol. The highest BCUT2D eigenvalue weighted by atomic mass is 19.1. The summed E-state index contributed by atoms with van der Waals surface area (Å²) >= 11 is 0. The van der Waals surface area contributed by atoms with Crippen molar-refractivity contribution in [2.45, 2.75) is 13.5 Å². The molecule has 4 rings (SSSR count). The topological polar surface area (TPSA) is 73.0 Å². The Hall–Kier alpha value is -3.74. The van der Waals surface area contributed by atoms with Crippen LogP contribution in [0.3, 0.4) is 0 Å². The van der Waals surface area contributed by atoms with E-state index in [0.717, 1.165) is 11.3 Å². The van der Waals surface area contributed by atoms with Crippen molar-refractivity contribution in [1.82, 2.24) is 14.7 Å². The van der Waals surface area contributed by atoms with Crippen LogP contribution >= 0.6 is 0 Å². The average Bonchev–Trinajstić information content (AvgIpc) is 3.31. The average molecular weight is 376 g/mol. The van der Waals surface area contributed by atoms with Crippen molar-refractivity contribution in [3.8, 4) is 23.0 Å². The second kappa shape index (κ2) is 7.48. The fourth-order valence-electron chi connectivity index (χ4n) is 2.87. The molecule has 0 bridgehead atoms. The van der Waals surface area contributed by atoms with Crippen LogP contribution in [0, 0.1) is 12.7 Å². The molecule has 0 aliphatic carbocycles. The molecule has 0 saturated carbocycles. The van der Waals surface area contributed by atoms with Gasteiger partial charge in [-0.05, 0) is 61.0 Å². The number of amides is 1. The van der Waals surface area contributed by atoms with Crippen molar-refractivity contribution in [2.75, 3.05) is 5.32 Å². The van der Waals surface area contributed by atoms with Crippen molar-refractivity contribution in [1.29, 1.82) is 0 Å². The minimum absolute atomic E-state index is 0.102. The molecule has 0 atom stereocenters. The van der Waals surface area contributed by atoms with E-state index in [1.807, 2.05) is 31.2 Å².